The number of carbonyl (C=O) groups is 1. The number of aromatic nitrogens is 3. The average Bonchev–Trinajstić information content (AvgIpc) is 3.15. The number of nitrogens with two attached hydrogens (primary N) is 1. The van der Waals surface area contributed by atoms with E-state index in [9.17, 15) is 18.4 Å². The van der Waals surface area contributed by atoms with Crippen LogP contribution in [0.3, 0.4) is 0 Å². The number of halogens is 2. The summed E-state index contributed by atoms with van der Waals surface area (Å²) >= 11 is 0. The zero-order valence-electron chi connectivity index (χ0n) is 18.8. The number of nitrogens with zero attached hydrogens (tertiary/aromatic N) is 3. The largest absolute Gasteiger partial charge is 0.364 e. The molecule has 0 bridgehead atoms. The first-order valence-corrected chi connectivity index (χ1v) is 11.6. The van der Waals surface area contributed by atoms with Crippen LogP contribution in [0.1, 0.15) is 29.8 Å². The molecule has 1 saturated carbocycles. The SMILES string of the molecule is NC(=O)c1nccc2[nH]c(-c3cc4ccccc4nc3N3CC[C@H]4CC(F)(F)C[C@@H]4C3)cc(=O)c12. The Morgan fingerprint density at radius 1 is 1.14 bits per heavy atom. The standard InChI is InChI=1S/C26H23F2N5O2/c27-26(28)11-15-6-8-33(13-16(15)12-26)25-17(9-14-3-1-2-4-18(14)32-25)20-10-21(34)22-19(31-20)5-7-30-23(22)24(29)35/h1-5,7,9-10,15-16H,6,8,11-13H2,(H2,29,35)(H,31,34)/t15-,16+/m0/s1. The molecule has 3 aromatic heterocycles. The number of pyridine rings is 3. The highest BCUT2D eigenvalue weighted by atomic mass is 19.3. The topological polar surface area (TPSA) is 105 Å². The number of rotatable bonds is 3. The van der Waals surface area contributed by atoms with E-state index < -0.39 is 11.8 Å². The molecule has 3 N–H and O–H groups in total. The molecule has 35 heavy (non-hydrogen) atoms. The highest BCUT2D eigenvalue weighted by molar-refractivity contribution is 6.04. The molecule has 1 amide bonds. The number of piperidine rings is 1. The third-order valence-electron chi connectivity index (χ3n) is 7.28. The first-order valence-electron chi connectivity index (χ1n) is 11.6. The van der Waals surface area contributed by atoms with Gasteiger partial charge in [0.25, 0.3) is 5.91 Å². The summed E-state index contributed by atoms with van der Waals surface area (Å²) < 4.78 is 28.2. The number of hydrogen-bond donors (Lipinski definition) is 2. The molecule has 6 rings (SSSR count). The van der Waals surface area contributed by atoms with Crippen molar-refractivity contribution in [1.82, 2.24) is 15.0 Å². The number of H-pyrrole nitrogens is 1. The van der Waals surface area contributed by atoms with Gasteiger partial charge < -0.3 is 15.6 Å². The van der Waals surface area contributed by atoms with Gasteiger partial charge in [-0.3, -0.25) is 14.6 Å². The smallest absolute Gasteiger partial charge is 0.268 e. The zero-order valence-corrected chi connectivity index (χ0v) is 18.8. The fraction of sp³-hybridized carbons (Fsp3) is 0.308. The van der Waals surface area contributed by atoms with Crippen LogP contribution in [0.15, 0.2) is 53.5 Å². The second-order valence-electron chi connectivity index (χ2n) is 9.56. The van der Waals surface area contributed by atoms with Gasteiger partial charge in [-0.25, -0.2) is 13.8 Å². The van der Waals surface area contributed by atoms with Crippen molar-refractivity contribution < 1.29 is 13.6 Å². The van der Waals surface area contributed by atoms with Crippen LogP contribution in [-0.2, 0) is 0 Å². The Kier molecular flexibility index (Phi) is 4.84. The predicted molar refractivity (Wildman–Crippen MR) is 130 cm³/mol. The fourth-order valence-corrected chi connectivity index (χ4v) is 5.70. The van der Waals surface area contributed by atoms with Crippen LogP contribution < -0.4 is 16.1 Å². The van der Waals surface area contributed by atoms with E-state index in [4.69, 9.17) is 10.7 Å². The number of carbonyl (C=O) groups excluding carboxylic acids is 1. The van der Waals surface area contributed by atoms with Crippen LogP contribution in [0.2, 0.25) is 0 Å². The quantitative estimate of drug-likeness (QED) is 0.464. The molecule has 4 heterocycles. The lowest BCUT2D eigenvalue weighted by Gasteiger charge is -2.36. The van der Waals surface area contributed by atoms with Crippen molar-refractivity contribution in [1.29, 1.82) is 0 Å². The summed E-state index contributed by atoms with van der Waals surface area (Å²) in [7, 11) is 0. The molecule has 2 fully saturated rings. The Morgan fingerprint density at radius 2 is 1.94 bits per heavy atom. The second kappa shape index (κ2) is 7.83. The van der Waals surface area contributed by atoms with Crippen LogP contribution >= 0.6 is 0 Å². The maximum absolute atomic E-state index is 14.1. The molecule has 4 aromatic rings. The summed E-state index contributed by atoms with van der Waals surface area (Å²) in [6.07, 6.45) is 1.95. The molecule has 0 unspecified atom stereocenters. The Labute approximate surface area is 199 Å². The van der Waals surface area contributed by atoms with Gasteiger partial charge in [-0.1, -0.05) is 18.2 Å². The van der Waals surface area contributed by atoms with Crippen LogP contribution in [0, 0.1) is 11.8 Å². The lowest BCUT2D eigenvalue weighted by Crippen LogP contribution is -2.39. The Bertz CT molecular complexity index is 1550. The van der Waals surface area contributed by atoms with Crippen LogP contribution in [0.4, 0.5) is 14.6 Å². The molecule has 1 aliphatic heterocycles. The number of hydrogen-bond acceptors (Lipinski definition) is 5. The number of alkyl halides is 2. The summed E-state index contributed by atoms with van der Waals surface area (Å²) in [5.41, 5.74) is 7.39. The van der Waals surface area contributed by atoms with E-state index in [1.165, 1.54) is 12.3 Å². The van der Waals surface area contributed by atoms with Crippen molar-refractivity contribution in [2.45, 2.75) is 25.2 Å². The molecule has 9 heteroatoms. The van der Waals surface area contributed by atoms with Crippen molar-refractivity contribution in [2.75, 3.05) is 18.0 Å². The molecule has 178 valence electrons. The summed E-state index contributed by atoms with van der Waals surface area (Å²) in [5.74, 6) is -2.82. The molecule has 2 atom stereocenters. The van der Waals surface area contributed by atoms with Crippen molar-refractivity contribution in [3.63, 3.8) is 0 Å². The van der Waals surface area contributed by atoms with Gasteiger partial charge in [0.2, 0.25) is 5.92 Å². The minimum Gasteiger partial charge on any atom is -0.364 e. The van der Waals surface area contributed by atoms with Crippen LogP contribution in [0.25, 0.3) is 33.1 Å². The van der Waals surface area contributed by atoms with Gasteiger partial charge in [-0.05, 0) is 36.5 Å². The van der Waals surface area contributed by atoms with Gasteiger partial charge >= 0.3 is 0 Å². The third kappa shape index (κ3) is 3.71. The lowest BCUT2D eigenvalue weighted by atomic mass is 9.88. The molecule has 2 aliphatic rings. The number of anilines is 1. The second-order valence-corrected chi connectivity index (χ2v) is 9.56. The number of fused-ring (bicyclic) bond motifs is 3. The number of benzene rings is 1. The van der Waals surface area contributed by atoms with Crippen LogP contribution in [0.5, 0.6) is 0 Å². The zero-order chi connectivity index (χ0) is 24.3. The first-order chi connectivity index (χ1) is 16.8. The van der Waals surface area contributed by atoms with Gasteiger partial charge in [-0.2, -0.15) is 0 Å². The normalized spacial score (nSPS) is 21.4. The summed E-state index contributed by atoms with van der Waals surface area (Å²) in [6.45, 7) is 1.11. The van der Waals surface area contributed by atoms with Gasteiger partial charge in [0.05, 0.1) is 22.1 Å². The van der Waals surface area contributed by atoms with Crippen molar-refractivity contribution in [3.05, 3.63) is 64.6 Å². The average molecular weight is 475 g/mol. The number of para-hydroxylation sites is 1. The Hall–Kier alpha value is -3.88. The highest BCUT2D eigenvalue weighted by Crippen LogP contribution is 2.48. The van der Waals surface area contributed by atoms with E-state index in [2.05, 4.69) is 14.9 Å². The van der Waals surface area contributed by atoms with Gasteiger partial charge in [0.1, 0.15) is 11.5 Å². The lowest BCUT2D eigenvalue weighted by molar-refractivity contribution is 0.00300. The number of nitrogens with one attached hydrogen (secondary N) is 1. The Morgan fingerprint density at radius 3 is 2.77 bits per heavy atom. The van der Waals surface area contributed by atoms with Gasteiger partial charge in [0, 0.05) is 49.1 Å². The molecular weight excluding hydrogens is 452 g/mol. The molecule has 0 spiro atoms. The minimum atomic E-state index is -2.61. The maximum Gasteiger partial charge on any atom is 0.268 e. The number of aromatic amines is 1. The van der Waals surface area contributed by atoms with Crippen molar-refractivity contribution in [3.8, 4) is 11.3 Å². The highest BCUT2D eigenvalue weighted by Gasteiger charge is 2.48. The third-order valence-corrected chi connectivity index (χ3v) is 7.28. The molecule has 1 aliphatic carbocycles. The van der Waals surface area contributed by atoms with E-state index in [-0.39, 0.29) is 41.2 Å². The van der Waals surface area contributed by atoms with Crippen molar-refractivity contribution >= 4 is 33.5 Å². The number of primary amides is 1. The Balaban J connectivity index is 1.51. The first kappa shape index (κ1) is 21.6. The van der Waals surface area contributed by atoms with E-state index in [0.29, 0.717) is 42.1 Å². The van der Waals surface area contributed by atoms with Crippen molar-refractivity contribution in [2.24, 2.45) is 17.6 Å². The number of amides is 1. The van der Waals surface area contributed by atoms with E-state index >= 15 is 0 Å². The van der Waals surface area contributed by atoms with Gasteiger partial charge in [0.15, 0.2) is 5.43 Å². The molecule has 7 nitrogen and oxygen atoms in total. The monoisotopic (exact) mass is 475 g/mol. The molecular formula is C26H23F2N5O2. The van der Waals surface area contributed by atoms with Gasteiger partial charge in [-0.15, -0.1) is 0 Å². The summed E-state index contributed by atoms with van der Waals surface area (Å²) in [4.78, 5) is 39.1. The molecule has 1 aromatic carbocycles. The maximum atomic E-state index is 14.1. The fourth-order valence-electron chi connectivity index (χ4n) is 5.70. The molecule has 0 radical (unpaired) electrons. The van der Waals surface area contributed by atoms with E-state index in [0.717, 1.165) is 10.9 Å². The minimum absolute atomic E-state index is 0.0188. The van der Waals surface area contributed by atoms with E-state index in [1.807, 2.05) is 30.3 Å². The molecule has 1 saturated heterocycles. The van der Waals surface area contributed by atoms with E-state index in [1.54, 1.807) is 6.07 Å². The predicted octanol–water partition coefficient (Wildman–Crippen LogP) is 4.11. The summed E-state index contributed by atoms with van der Waals surface area (Å²) in [6, 6.07) is 12.7. The van der Waals surface area contributed by atoms with Crippen LogP contribution in [-0.4, -0.2) is 39.9 Å². The summed E-state index contributed by atoms with van der Waals surface area (Å²) in [5, 5.41) is 1.02.